The minimum atomic E-state index is -4.41. The Kier molecular flexibility index (Phi) is 6.06. The van der Waals surface area contributed by atoms with Crippen LogP contribution in [0.15, 0.2) is 23.3 Å². The molecule has 0 aliphatic heterocycles. The van der Waals surface area contributed by atoms with E-state index in [9.17, 15) is 13.2 Å². The van der Waals surface area contributed by atoms with Crippen molar-refractivity contribution in [3.05, 3.63) is 23.9 Å². The van der Waals surface area contributed by atoms with Crippen LogP contribution in [0, 0.1) is 0 Å². The fraction of sp³-hybridized carbons (Fsp3) is 0.600. The van der Waals surface area contributed by atoms with Gasteiger partial charge in [-0.05, 0) is 25.0 Å². The number of nitrogens with zero attached hydrogens (tertiary/aromatic N) is 2. The number of guanidine groups is 1. The zero-order chi connectivity index (χ0) is 16.7. The maximum absolute atomic E-state index is 12.8. The first-order chi connectivity index (χ1) is 11.0. The van der Waals surface area contributed by atoms with Crippen LogP contribution in [-0.4, -0.2) is 37.1 Å². The lowest BCUT2D eigenvalue weighted by molar-refractivity contribution is -0.137. The Morgan fingerprint density at radius 3 is 2.70 bits per heavy atom. The molecular weight excluding hydrogens is 307 g/mol. The molecule has 8 heteroatoms. The number of alkyl halides is 3. The van der Waals surface area contributed by atoms with E-state index in [0.717, 1.165) is 18.9 Å². The van der Waals surface area contributed by atoms with Crippen molar-refractivity contribution in [2.45, 2.75) is 37.9 Å². The van der Waals surface area contributed by atoms with Gasteiger partial charge in [-0.1, -0.05) is 12.8 Å². The second-order valence-corrected chi connectivity index (χ2v) is 5.45. The lowest BCUT2D eigenvalue weighted by Crippen LogP contribution is -2.43. The predicted molar refractivity (Wildman–Crippen MR) is 84.5 cm³/mol. The highest BCUT2D eigenvalue weighted by Crippen LogP contribution is 2.33. The van der Waals surface area contributed by atoms with E-state index in [1.807, 2.05) is 0 Å². The Balaban J connectivity index is 1.79. The van der Waals surface area contributed by atoms with Crippen molar-refractivity contribution in [2.75, 3.05) is 25.5 Å². The number of aliphatic imine (C=N–C) groups is 1. The normalized spacial score (nSPS) is 16.4. The lowest BCUT2D eigenvalue weighted by atomic mass is 10.2. The first-order valence-electron chi connectivity index (χ1n) is 7.74. The van der Waals surface area contributed by atoms with Crippen molar-refractivity contribution in [1.82, 2.24) is 15.6 Å². The minimum absolute atomic E-state index is 0.152. The van der Waals surface area contributed by atoms with E-state index in [1.165, 1.54) is 25.1 Å². The molecule has 0 radical (unpaired) electrons. The minimum Gasteiger partial charge on any atom is -0.368 e. The third-order valence-corrected chi connectivity index (χ3v) is 3.74. The molecule has 0 atom stereocenters. The summed E-state index contributed by atoms with van der Waals surface area (Å²) >= 11 is 0. The molecule has 1 heterocycles. The van der Waals surface area contributed by atoms with Crippen LogP contribution >= 0.6 is 0 Å². The molecule has 0 aromatic carbocycles. The zero-order valence-electron chi connectivity index (χ0n) is 13.1. The average Bonchev–Trinajstić information content (AvgIpc) is 3.02. The molecule has 1 aliphatic rings. The number of nitrogens with one attached hydrogen (secondary N) is 3. The monoisotopic (exact) mass is 329 g/mol. The summed E-state index contributed by atoms with van der Waals surface area (Å²) in [7, 11) is 1.68. The fourth-order valence-corrected chi connectivity index (χ4v) is 2.59. The molecule has 0 saturated heterocycles. The van der Waals surface area contributed by atoms with Crippen molar-refractivity contribution in [1.29, 1.82) is 0 Å². The second-order valence-electron chi connectivity index (χ2n) is 5.45. The quantitative estimate of drug-likeness (QED) is 0.441. The van der Waals surface area contributed by atoms with Crippen molar-refractivity contribution >= 4 is 11.8 Å². The molecule has 2 rings (SSSR count). The molecule has 1 aromatic heterocycles. The van der Waals surface area contributed by atoms with Crippen LogP contribution in [-0.2, 0) is 6.18 Å². The Morgan fingerprint density at radius 2 is 2.04 bits per heavy atom. The van der Waals surface area contributed by atoms with E-state index in [1.54, 1.807) is 7.05 Å². The summed E-state index contributed by atoms with van der Waals surface area (Å²) in [5.74, 6) is 0.524. The molecule has 128 valence electrons. The number of pyridine rings is 1. The van der Waals surface area contributed by atoms with Gasteiger partial charge in [0.15, 0.2) is 5.96 Å². The Hall–Kier alpha value is -1.99. The van der Waals surface area contributed by atoms with Crippen LogP contribution < -0.4 is 16.0 Å². The van der Waals surface area contributed by atoms with Gasteiger partial charge in [0.1, 0.15) is 5.82 Å². The number of rotatable bonds is 5. The third kappa shape index (κ3) is 5.30. The van der Waals surface area contributed by atoms with Gasteiger partial charge in [-0.2, -0.15) is 13.2 Å². The smallest absolute Gasteiger partial charge is 0.368 e. The van der Waals surface area contributed by atoms with Crippen LogP contribution in [0.3, 0.4) is 0 Å². The Morgan fingerprint density at radius 1 is 1.30 bits per heavy atom. The molecule has 23 heavy (non-hydrogen) atoms. The van der Waals surface area contributed by atoms with Crippen molar-refractivity contribution in [3.8, 4) is 0 Å². The van der Waals surface area contributed by atoms with Gasteiger partial charge in [-0.3, -0.25) is 4.99 Å². The van der Waals surface area contributed by atoms with Crippen molar-refractivity contribution < 1.29 is 13.2 Å². The zero-order valence-corrected chi connectivity index (χ0v) is 13.1. The summed E-state index contributed by atoms with van der Waals surface area (Å²) in [6.45, 7) is 0.756. The molecule has 1 aromatic rings. The van der Waals surface area contributed by atoms with E-state index in [4.69, 9.17) is 0 Å². The molecule has 0 bridgehead atoms. The SMILES string of the molecule is CN=C(NCCNc1ncccc1C(F)(F)F)NC1CCCC1. The summed E-state index contributed by atoms with van der Waals surface area (Å²) in [4.78, 5) is 7.88. The number of halogens is 3. The summed E-state index contributed by atoms with van der Waals surface area (Å²) in [6, 6.07) is 2.73. The maximum atomic E-state index is 12.8. The van der Waals surface area contributed by atoms with Gasteiger partial charge in [0.2, 0.25) is 0 Å². The Labute approximate surface area is 133 Å². The number of hydrogen-bond acceptors (Lipinski definition) is 3. The van der Waals surface area contributed by atoms with Gasteiger partial charge in [-0.15, -0.1) is 0 Å². The summed E-state index contributed by atoms with van der Waals surface area (Å²) in [5, 5.41) is 9.12. The summed E-state index contributed by atoms with van der Waals surface area (Å²) < 4.78 is 38.5. The standard InChI is InChI=1S/C15H22F3N5/c1-19-14(23-11-5-2-3-6-11)22-10-9-21-13-12(15(16,17)18)7-4-8-20-13/h4,7-8,11H,2-3,5-6,9-10H2,1H3,(H,20,21)(H2,19,22,23). The van der Waals surface area contributed by atoms with Crippen LogP contribution in [0.2, 0.25) is 0 Å². The highest BCUT2D eigenvalue weighted by molar-refractivity contribution is 5.80. The van der Waals surface area contributed by atoms with Crippen LogP contribution in [0.5, 0.6) is 0 Å². The molecular formula is C15H22F3N5. The van der Waals surface area contributed by atoms with Gasteiger partial charge < -0.3 is 16.0 Å². The summed E-state index contributed by atoms with van der Waals surface area (Å²) in [6.07, 6.45) is 1.62. The first-order valence-corrected chi connectivity index (χ1v) is 7.74. The van der Waals surface area contributed by atoms with Gasteiger partial charge in [0.05, 0.1) is 5.56 Å². The fourth-order valence-electron chi connectivity index (χ4n) is 2.59. The second kappa shape index (κ2) is 8.03. The van der Waals surface area contributed by atoms with Crippen LogP contribution in [0.1, 0.15) is 31.2 Å². The molecule has 0 spiro atoms. The number of anilines is 1. The highest BCUT2D eigenvalue weighted by Gasteiger charge is 2.33. The van der Waals surface area contributed by atoms with Crippen molar-refractivity contribution in [3.63, 3.8) is 0 Å². The number of hydrogen-bond donors (Lipinski definition) is 3. The summed E-state index contributed by atoms with van der Waals surface area (Å²) in [5.41, 5.74) is -0.756. The maximum Gasteiger partial charge on any atom is 0.419 e. The highest BCUT2D eigenvalue weighted by atomic mass is 19.4. The van der Waals surface area contributed by atoms with Crippen LogP contribution in [0.4, 0.5) is 19.0 Å². The van der Waals surface area contributed by atoms with Gasteiger partial charge in [-0.25, -0.2) is 4.98 Å². The van der Waals surface area contributed by atoms with Crippen LogP contribution in [0.25, 0.3) is 0 Å². The molecule has 5 nitrogen and oxygen atoms in total. The third-order valence-electron chi connectivity index (χ3n) is 3.74. The molecule has 0 amide bonds. The predicted octanol–water partition coefficient (Wildman–Crippen LogP) is 2.62. The Bertz CT molecular complexity index is 524. The number of aromatic nitrogens is 1. The lowest BCUT2D eigenvalue weighted by Gasteiger charge is -2.17. The molecule has 1 saturated carbocycles. The van der Waals surface area contributed by atoms with Gasteiger partial charge >= 0.3 is 6.18 Å². The van der Waals surface area contributed by atoms with E-state index in [0.29, 0.717) is 25.1 Å². The average molecular weight is 329 g/mol. The van der Waals surface area contributed by atoms with Gasteiger partial charge in [0, 0.05) is 32.4 Å². The topological polar surface area (TPSA) is 61.3 Å². The van der Waals surface area contributed by atoms with E-state index in [-0.39, 0.29) is 5.82 Å². The molecule has 1 aliphatic carbocycles. The molecule has 0 unspecified atom stereocenters. The largest absolute Gasteiger partial charge is 0.419 e. The van der Waals surface area contributed by atoms with Crippen molar-refractivity contribution in [2.24, 2.45) is 4.99 Å². The molecule has 3 N–H and O–H groups in total. The van der Waals surface area contributed by atoms with Gasteiger partial charge in [0.25, 0.3) is 0 Å². The first kappa shape index (κ1) is 17.4. The van der Waals surface area contributed by atoms with E-state index in [2.05, 4.69) is 25.9 Å². The molecule has 1 fully saturated rings. The van der Waals surface area contributed by atoms with E-state index >= 15 is 0 Å². The van der Waals surface area contributed by atoms with E-state index < -0.39 is 11.7 Å².